The fourth-order valence-corrected chi connectivity index (χ4v) is 2.41. The van der Waals surface area contributed by atoms with E-state index in [2.05, 4.69) is 11.8 Å². The lowest BCUT2D eigenvalue weighted by molar-refractivity contribution is 0.225. The van der Waals surface area contributed by atoms with Crippen LogP contribution in [0.2, 0.25) is 0 Å². The Morgan fingerprint density at radius 3 is 2.67 bits per heavy atom. The molecule has 1 heterocycles. The lowest BCUT2D eigenvalue weighted by Crippen LogP contribution is -2.31. The van der Waals surface area contributed by atoms with E-state index in [-0.39, 0.29) is 0 Å². The molecule has 2 aliphatic rings. The lowest BCUT2D eigenvalue weighted by atomic mass is 10.1. The zero-order valence-electron chi connectivity index (χ0n) is 6.14. The molecule has 1 heteroatoms. The van der Waals surface area contributed by atoms with Crippen molar-refractivity contribution in [3.63, 3.8) is 0 Å². The van der Waals surface area contributed by atoms with Crippen LogP contribution in [0.1, 0.15) is 26.2 Å². The summed E-state index contributed by atoms with van der Waals surface area (Å²) in [6.07, 6.45) is 4.51. The molecule has 52 valence electrons. The molecule has 1 saturated heterocycles. The molecule has 0 N–H and O–H groups in total. The van der Waals surface area contributed by atoms with Crippen molar-refractivity contribution < 1.29 is 0 Å². The molecule has 0 aromatic rings. The van der Waals surface area contributed by atoms with E-state index in [0.717, 1.165) is 12.0 Å². The molecule has 0 aromatic carbocycles. The molecule has 1 aliphatic carbocycles. The van der Waals surface area contributed by atoms with Crippen LogP contribution in [-0.2, 0) is 0 Å². The van der Waals surface area contributed by atoms with E-state index in [0.29, 0.717) is 0 Å². The minimum atomic E-state index is 0.986. The second-order valence-electron chi connectivity index (χ2n) is 3.42. The summed E-state index contributed by atoms with van der Waals surface area (Å²) in [6, 6.07) is 0.986. The molecule has 1 unspecified atom stereocenters. The minimum Gasteiger partial charge on any atom is -0.300 e. The van der Waals surface area contributed by atoms with Crippen molar-refractivity contribution in [1.29, 1.82) is 0 Å². The molecule has 2 rings (SSSR count). The van der Waals surface area contributed by atoms with E-state index in [9.17, 15) is 0 Å². The monoisotopic (exact) mass is 125 g/mol. The molecule has 9 heavy (non-hydrogen) atoms. The van der Waals surface area contributed by atoms with Gasteiger partial charge in [-0.15, -0.1) is 0 Å². The van der Waals surface area contributed by atoms with E-state index in [4.69, 9.17) is 0 Å². The molecule has 0 radical (unpaired) electrons. The third-order valence-corrected chi connectivity index (χ3v) is 2.93. The maximum atomic E-state index is 2.63. The van der Waals surface area contributed by atoms with Gasteiger partial charge in [0.25, 0.3) is 0 Å². The zero-order valence-corrected chi connectivity index (χ0v) is 6.14. The number of hydrogen-bond acceptors (Lipinski definition) is 1. The highest BCUT2D eigenvalue weighted by Crippen LogP contribution is 2.36. The van der Waals surface area contributed by atoms with E-state index in [1.807, 2.05) is 0 Å². The summed E-state index contributed by atoms with van der Waals surface area (Å²) in [5.74, 6) is 1.08. The Morgan fingerprint density at radius 2 is 2.33 bits per heavy atom. The average Bonchev–Trinajstić information content (AvgIpc) is 2.45. The van der Waals surface area contributed by atoms with Gasteiger partial charge in [-0.1, -0.05) is 6.92 Å². The number of fused-ring (bicyclic) bond motifs is 2. The van der Waals surface area contributed by atoms with Gasteiger partial charge < -0.3 is 4.90 Å². The second-order valence-corrected chi connectivity index (χ2v) is 3.42. The van der Waals surface area contributed by atoms with Gasteiger partial charge in [-0.05, 0) is 31.7 Å². The summed E-state index contributed by atoms with van der Waals surface area (Å²) in [5.41, 5.74) is 0. The van der Waals surface area contributed by atoms with Gasteiger partial charge in [-0.3, -0.25) is 0 Å². The van der Waals surface area contributed by atoms with Crippen LogP contribution < -0.4 is 0 Å². The molecular weight excluding hydrogens is 110 g/mol. The Kier molecular flexibility index (Phi) is 1.26. The van der Waals surface area contributed by atoms with Crippen LogP contribution in [0.4, 0.5) is 0 Å². The van der Waals surface area contributed by atoms with Crippen LogP contribution in [0.3, 0.4) is 0 Å². The van der Waals surface area contributed by atoms with E-state index >= 15 is 0 Å². The van der Waals surface area contributed by atoms with Crippen LogP contribution in [-0.4, -0.2) is 24.0 Å². The maximum absolute atomic E-state index is 2.63. The summed E-state index contributed by atoms with van der Waals surface area (Å²) in [5, 5.41) is 0. The van der Waals surface area contributed by atoms with Gasteiger partial charge in [0.05, 0.1) is 0 Å². The van der Waals surface area contributed by atoms with Crippen LogP contribution in [0, 0.1) is 5.92 Å². The number of hydrogen-bond donors (Lipinski definition) is 0. The van der Waals surface area contributed by atoms with Crippen LogP contribution in [0.25, 0.3) is 0 Å². The van der Waals surface area contributed by atoms with Crippen molar-refractivity contribution in [1.82, 2.24) is 4.90 Å². The normalized spacial score (nSPS) is 42.3. The predicted molar refractivity (Wildman–Crippen MR) is 38.4 cm³/mol. The molecule has 0 aromatic heterocycles. The Hall–Kier alpha value is -0.0400. The lowest BCUT2D eigenvalue weighted by Gasteiger charge is -2.24. The first-order valence-corrected chi connectivity index (χ1v) is 4.14. The number of rotatable bonds is 1. The van der Waals surface area contributed by atoms with Gasteiger partial charge in [-0.2, -0.15) is 0 Å². The molecule has 2 bridgehead atoms. The Balaban J connectivity index is 2.01. The summed E-state index contributed by atoms with van der Waals surface area (Å²) in [6.45, 7) is 4.96. The fraction of sp³-hybridized carbons (Fsp3) is 1.00. The molecule has 2 fully saturated rings. The van der Waals surface area contributed by atoms with Crippen LogP contribution >= 0.6 is 0 Å². The number of likely N-dealkylation sites (tertiary alicyclic amines) is 1. The van der Waals surface area contributed by atoms with Gasteiger partial charge in [0, 0.05) is 12.6 Å². The quantitative estimate of drug-likeness (QED) is 0.513. The average molecular weight is 125 g/mol. The molecule has 0 spiro atoms. The summed E-state index contributed by atoms with van der Waals surface area (Å²) in [7, 11) is 0. The number of piperidine rings is 1. The number of nitrogens with zero attached hydrogens (tertiary/aromatic N) is 1. The van der Waals surface area contributed by atoms with Crippen LogP contribution in [0.15, 0.2) is 0 Å². The highest BCUT2D eigenvalue weighted by molar-refractivity contribution is 4.91. The van der Waals surface area contributed by atoms with Crippen molar-refractivity contribution >= 4 is 0 Å². The molecule has 1 aliphatic heterocycles. The largest absolute Gasteiger partial charge is 0.300 e. The summed E-state index contributed by atoms with van der Waals surface area (Å²) < 4.78 is 0. The van der Waals surface area contributed by atoms with Crippen molar-refractivity contribution in [3.8, 4) is 0 Å². The smallest absolute Gasteiger partial charge is 0.00984 e. The van der Waals surface area contributed by atoms with Gasteiger partial charge in [-0.25, -0.2) is 0 Å². The van der Waals surface area contributed by atoms with Crippen molar-refractivity contribution in [2.45, 2.75) is 32.2 Å². The van der Waals surface area contributed by atoms with Gasteiger partial charge in [0.2, 0.25) is 0 Å². The maximum Gasteiger partial charge on any atom is 0.00984 e. The molecule has 2 atom stereocenters. The van der Waals surface area contributed by atoms with Crippen LogP contribution in [0.5, 0.6) is 0 Å². The zero-order chi connectivity index (χ0) is 6.27. The Bertz CT molecular complexity index is 111. The van der Waals surface area contributed by atoms with Gasteiger partial charge >= 0.3 is 0 Å². The first kappa shape index (κ1) is 5.72. The molecular formula is C8H15N. The SMILES string of the molecule is CCN1C[C@@H]2CCC1C2. The van der Waals surface area contributed by atoms with Crippen molar-refractivity contribution in [2.24, 2.45) is 5.92 Å². The van der Waals surface area contributed by atoms with E-state index in [1.165, 1.54) is 32.4 Å². The molecule has 1 saturated carbocycles. The third-order valence-electron chi connectivity index (χ3n) is 2.93. The van der Waals surface area contributed by atoms with Gasteiger partial charge in [0.15, 0.2) is 0 Å². The second kappa shape index (κ2) is 1.98. The van der Waals surface area contributed by atoms with E-state index < -0.39 is 0 Å². The highest BCUT2D eigenvalue weighted by atomic mass is 15.2. The summed E-state index contributed by atoms with van der Waals surface area (Å²) in [4.78, 5) is 2.63. The molecule has 0 amide bonds. The van der Waals surface area contributed by atoms with Gasteiger partial charge in [0.1, 0.15) is 0 Å². The predicted octanol–water partition coefficient (Wildman–Crippen LogP) is 1.49. The first-order chi connectivity index (χ1) is 4.40. The standard InChI is InChI=1S/C8H15N/c1-2-9-6-7-3-4-8(9)5-7/h7-8H,2-6H2,1H3/t7-,8?/m1/s1. The fourth-order valence-electron chi connectivity index (χ4n) is 2.41. The Labute approximate surface area is 57.0 Å². The van der Waals surface area contributed by atoms with Crippen molar-refractivity contribution in [3.05, 3.63) is 0 Å². The third kappa shape index (κ3) is 0.787. The topological polar surface area (TPSA) is 3.24 Å². The Morgan fingerprint density at radius 1 is 1.44 bits per heavy atom. The first-order valence-electron chi connectivity index (χ1n) is 4.14. The summed E-state index contributed by atoms with van der Waals surface area (Å²) >= 11 is 0. The molecule has 1 nitrogen and oxygen atoms in total. The van der Waals surface area contributed by atoms with E-state index in [1.54, 1.807) is 0 Å². The highest BCUT2D eigenvalue weighted by Gasteiger charge is 2.36. The minimum absolute atomic E-state index is 0.986. The van der Waals surface area contributed by atoms with Crippen molar-refractivity contribution in [2.75, 3.05) is 13.1 Å².